The highest BCUT2D eigenvalue weighted by molar-refractivity contribution is 5.56. The van der Waals surface area contributed by atoms with E-state index in [1.165, 1.54) is 17.7 Å². The van der Waals surface area contributed by atoms with Crippen LogP contribution in [0.2, 0.25) is 0 Å². The van der Waals surface area contributed by atoms with Gasteiger partial charge in [0.15, 0.2) is 0 Å². The molecule has 2 heterocycles. The summed E-state index contributed by atoms with van der Waals surface area (Å²) in [5.41, 5.74) is 9.06. The quantitative estimate of drug-likeness (QED) is 0.595. The van der Waals surface area contributed by atoms with Gasteiger partial charge in [0.1, 0.15) is 5.82 Å². The molecule has 1 fully saturated rings. The van der Waals surface area contributed by atoms with Crippen molar-refractivity contribution in [1.82, 2.24) is 19.9 Å². The third kappa shape index (κ3) is 5.70. The monoisotopic (exact) mass is 457 g/mol. The van der Waals surface area contributed by atoms with Crippen LogP contribution in [-0.2, 0) is 12.7 Å². The predicted molar refractivity (Wildman–Crippen MR) is 122 cm³/mol. The van der Waals surface area contributed by atoms with Gasteiger partial charge in [-0.05, 0) is 55.3 Å². The summed E-state index contributed by atoms with van der Waals surface area (Å²) < 4.78 is 39.1. The molecule has 1 aliphatic rings. The van der Waals surface area contributed by atoms with Crippen LogP contribution < -0.4 is 16.0 Å². The van der Waals surface area contributed by atoms with E-state index in [1.54, 1.807) is 6.07 Å². The Bertz CT molecular complexity index is 1130. The molecule has 1 aromatic heterocycles. The van der Waals surface area contributed by atoms with Crippen LogP contribution in [0.1, 0.15) is 22.5 Å². The SMILES string of the molecule is Cc1ccc(Nc2nc(N)nc(CN3CCN(c4cccc(C(F)(F)F)c4)CC3)n2)cc1C. The number of hydrogen-bond donors (Lipinski definition) is 2. The minimum atomic E-state index is -4.35. The first-order valence-corrected chi connectivity index (χ1v) is 10.7. The third-order valence-electron chi connectivity index (χ3n) is 5.74. The summed E-state index contributed by atoms with van der Waals surface area (Å²) in [7, 11) is 0. The molecule has 10 heteroatoms. The van der Waals surface area contributed by atoms with Crippen molar-refractivity contribution in [1.29, 1.82) is 0 Å². The van der Waals surface area contributed by atoms with Crippen molar-refractivity contribution in [3.63, 3.8) is 0 Å². The minimum Gasteiger partial charge on any atom is -0.369 e. The number of piperazine rings is 1. The Kier molecular flexibility index (Phi) is 6.37. The molecule has 0 bridgehead atoms. The van der Waals surface area contributed by atoms with Crippen LogP contribution in [0.15, 0.2) is 42.5 Å². The highest BCUT2D eigenvalue weighted by Crippen LogP contribution is 2.32. The van der Waals surface area contributed by atoms with Crippen molar-refractivity contribution < 1.29 is 13.2 Å². The molecule has 7 nitrogen and oxygen atoms in total. The van der Waals surface area contributed by atoms with Crippen molar-refractivity contribution in [3.05, 3.63) is 65.0 Å². The molecule has 0 saturated carbocycles. The standard InChI is InChI=1S/C23H26F3N7/c1-15-6-7-18(12-16(15)2)28-22-30-20(29-21(27)31-22)14-32-8-10-33(11-9-32)19-5-3-4-17(13-19)23(24,25)26/h3-7,12-13H,8-11,14H2,1-2H3,(H3,27,28,29,30,31). The summed E-state index contributed by atoms with van der Waals surface area (Å²) in [6, 6.07) is 11.4. The van der Waals surface area contributed by atoms with Crippen LogP contribution in [0, 0.1) is 13.8 Å². The zero-order valence-electron chi connectivity index (χ0n) is 18.5. The van der Waals surface area contributed by atoms with Gasteiger partial charge in [0.2, 0.25) is 11.9 Å². The maximum Gasteiger partial charge on any atom is 0.416 e. The molecule has 4 rings (SSSR count). The van der Waals surface area contributed by atoms with Gasteiger partial charge in [-0.3, -0.25) is 4.90 Å². The molecular formula is C23H26F3N7. The molecule has 3 aromatic rings. The third-order valence-corrected chi connectivity index (χ3v) is 5.74. The second kappa shape index (κ2) is 9.22. The van der Waals surface area contributed by atoms with Crippen molar-refractivity contribution in [3.8, 4) is 0 Å². The summed E-state index contributed by atoms with van der Waals surface area (Å²) in [6.45, 7) is 7.11. The van der Waals surface area contributed by atoms with Gasteiger partial charge in [0.05, 0.1) is 12.1 Å². The number of nitrogens with zero attached hydrogens (tertiary/aromatic N) is 5. The van der Waals surface area contributed by atoms with Gasteiger partial charge in [-0.15, -0.1) is 0 Å². The first-order chi connectivity index (χ1) is 15.7. The molecule has 0 radical (unpaired) electrons. The maximum absolute atomic E-state index is 13.0. The molecule has 0 atom stereocenters. The molecule has 174 valence electrons. The number of alkyl halides is 3. The van der Waals surface area contributed by atoms with E-state index in [2.05, 4.69) is 25.2 Å². The molecule has 2 aromatic carbocycles. The van der Waals surface area contributed by atoms with E-state index >= 15 is 0 Å². The van der Waals surface area contributed by atoms with E-state index in [9.17, 15) is 13.2 Å². The highest BCUT2D eigenvalue weighted by atomic mass is 19.4. The summed E-state index contributed by atoms with van der Waals surface area (Å²) in [4.78, 5) is 17.0. The maximum atomic E-state index is 13.0. The Morgan fingerprint density at radius 1 is 0.939 bits per heavy atom. The number of halogens is 3. The fourth-order valence-corrected chi connectivity index (χ4v) is 3.76. The first-order valence-electron chi connectivity index (χ1n) is 10.7. The normalized spacial score (nSPS) is 15.0. The summed E-state index contributed by atoms with van der Waals surface area (Å²) in [5, 5.41) is 3.18. The predicted octanol–water partition coefficient (Wildman–Crippen LogP) is 4.16. The average molecular weight is 458 g/mol. The van der Waals surface area contributed by atoms with Gasteiger partial charge in [0.25, 0.3) is 0 Å². The Morgan fingerprint density at radius 3 is 2.39 bits per heavy atom. The number of hydrogen-bond acceptors (Lipinski definition) is 7. The van der Waals surface area contributed by atoms with Crippen LogP contribution >= 0.6 is 0 Å². The summed E-state index contributed by atoms with van der Waals surface area (Å²) in [5.74, 6) is 1.05. The lowest BCUT2D eigenvalue weighted by Gasteiger charge is -2.36. The molecule has 0 amide bonds. The van der Waals surface area contributed by atoms with Crippen molar-refractivity contribution in [2.45, 2.75) is 26.6 Å². The Hall–Kier alpha value is -3.40. The number of anilines is 4. The molecule has 1 saturated heterocycles. The Balaban J connectivity index is 1.39. The lowest BCUT2D eigenvalue weighted by molar-refractivity contribution is -0.137. The number of nitrogens with two attached hydrogens (primary N) is 1. The van der Waals surface area contributed by atoms with Gasteiger partial charge in [-0.25, -0.2) is 0 Å². The zero-order chi connectivity index (χ0) is 23.6. The van der Waals surface area contributed by atoms with Crippen LogP contribution in [0.4, 0.5) is 36.4 Å². The molecule has 0 unspecified atom stereocenters. The molecular weight excluding hydrogens is 431 g/mol. The van der Waals surface area contributed by atoms with Crippen LogP contribution in [-0.4, -0.2) is 46.0 Å². The van der Waals surface area contributed by atoms with Crippen molar-refractivity contribution in [2.24, 2.45) is 0 Å². The Morgan fingerprint density at radius 2 is 1.70 bits per heavy atom. The highest BCUT2D eigenvalue weighted by Gasteiger charge is 2.31. The molecule has 0 spiro atoms. The van der Waals surface area contributed by atoms with Crippen molar-refractivity contribution >= 4 is 23.3 Å². The summed E-state index contributed by atoms with van der Waals surface area (Å²) >= 11 is 0. The van der Waals surface area contributed by atoms with Crippen LogP contribution in [0.25, 0.3) is 0 Å². The number of aromatic nitrogens is 3. The lowest BCUT2D eigenvalue weighted by atomic mass is 10.1. The van der Waals surface area contributed by atoms with E-state index in [4.69, 9.17) is 5.73 Å². The van der Waals surface area contributed by atoms with E-state index in [0.29, 0.717) is 50.2 Å². The van der Waals surface area contributed by atoms with E-state index in [0.717, 1.165) is 17.3 Å². The number of benzene rings is 2. The number of rotatable bonds is 5. The lowest BCUT2D eigenvalue weighted by Crippen LogP contribution is -2.46. The van der Waals surface area contributed by atoms with Gasteiger partial charge in [-0.1, -0.05) is 12.1 Å². The van der Waals surface area contributed by atoms with Gasteiger partial charge in [0, 0.05) is 37.6 Å². The number of aryl methyl sites for hydroxylation is 2. The molecule has 33 heavy (non-hydrogen) atoms. The number of nitrogens with one attached hydrogen (secondary N) is 1. The zero-order valence-corrected chi connectivity index (χ0v) is 18.5. The van der Waals surface area contributed by atoms with E-state index in [1.807, 2.05) is 36.9 Å². The Labute approximate surface area is 190 Å². The fraction of sp³-hybridized carbons (Fsp3) is 0.348. The number of nitrogen functional groups attached to an aromatic ring is 1. The fourth-order valence-electron chi connectivity index (χ4n) is 3.76. The van der Waals surface area contributed by atoms with Gasteiger partial charge >= 0.3 is 6.18 Å². The smallest absolute Gasteiger partial charge is 0.369 e. The second-order valence-electron chi connectivity index (χ2n) is 8.17. The first kappa shape index (κ1) is 22.8. The van der Waals surface area contributed by atoms with E-state index in [-0.39, 0.29) is 5.95 Å². The summed E-state index contributed by atoms with van der Waals surface area (Å²) in [6.07, 6.45) is -4.35. The molecule has 1 aliphatic heterocycles. The van der Waals surface area contributed by atoms with Crippen LogP contribution in [0.5, 0.6) is 0 Å². The van der Waals surface area contributed by atoms with Crippen LogP contribution in [0.3, 0.4) is 0 Å². The second-order valence-corrected chi connectivity index (χ2v) is 8.17. The van der Waals surface area contributed by atoms with Crippen molar-refractivity contribution in [2.75, 3.05) is 42.1 Å². The molecule has 3 N–H and O–H groups in total. The van der Waals surface area contributed by atoms with Gasteiger partial charge in [-0.2, -0.15) is 28.1 Å². The molecule has 0 aliphatic carbocycles. The van der Waals surface area contributed by atoms with Gasteiger partial charge < -0.3 is 16.0 Å². The minimum absolute atomic E-state index is 0.133. The largest absolute Gasteiger partial charge is 0.416 e. The average Bonchev–Trinajstić information content (AvgIpc) is 2.76. The van der Waals surface area contributed by atoms with E-state index < -0.39 is 11.7 Å². The topological polar surface area (TPSA) is 83.2 Å².